The summed E-state index contributed by atoms with van der Waals surface area (Å²) in [5.41, 5.74) is -0.946. The number of esters is 2. The number of nitrogens with zero attached hydrogens (tertiary/aromatic N) is 2. The van der Waals surface area contributed by atoms with Crippen molar-refractivity contribution in [3.8, 4) is 0 Å². The van der Waals surface area contributed by atoms with Gasteiger partial charge in [-0.25, -0.2) is 9.59 Å². The Labute approximate surface area is 110 Å². The molecule has 1 aromatic carbocycles. The normalized spacial score (nSPS) is 14.8. The van der Waals surface area contributed by atoms with E-state index in [9.17, 15) is 9.59 Å². The highest BCUT2D eigenvalue weighted by molar-refractivity contribution is 6.07. The van der Waals surface area contributed by atoms with Crippen molar-refractivity contribution in [2.45, 2.75) is 19.4 Å². The van der Waals surface area contributed by atoms with Crippen molar-refractivity contribution in [1.82, 2.24) is 0 Å². The van der Waals surface area contributed by atoms with Gasteiger partial charge < -0.3 is 9.47 Å². The van der Waals surface area contributed by atoms with Crippen LogP contribution in [0.25, 0.3) is 0 Å². The van der Waals surface area contributed by atoms with Crippen molar-refractivity contribution < 1.29 is 19.1 Å². The lowest BCUT2D eigenvalue weighted by Crippen LogP contribution is -2.43. The lowest BCUT2D eigenvalue weighted by atomic mass is 9.90. The fourth-order valence-electron chi connectivity index (χ4n) is 1.91. The molecule has 1 heterocycles. The van der Waals surface area contributed by atoms with E-state index in [2.05, 4.69) is 10.2 Å². The molecule has 1 aliphatic rings. The molecule has 0 unspecified atom stereocenters. The Morgan fingerprint density at radius 1 is 1.11 bits per heavy atom. The summed E-state index contributed by atoms with van der Waals surface area (Å²) >= 11 is 0. The van der Waals surface area contributed by atoms with E-state index >= 15 is 0 Å². The highest BCUT2D eigenvalue weighted by Gasteiger charge is 2.55. The minimum Gasteiger partial charge on any atom is -0.463 e. The third-order valence-corrected chi connectivity index (χ3v) is 2.74. The molecule has 0 aliphatic carbocycles. The number of azo groups is 1. The van der Waals surface area contributed by atoms with Gasteiger partial charge in [0.2, 0.25) is 0 Å². The molecule has 0 bridgehead atoms. The molecular formula is C13H14N2O4. The third-order valence-electron chi connectivity index (χ3n) is 2.74. The van der Waals surface area contributed by atoms with Crippen LogP contribution >= 0.6 is 0 Å². The molecule has 6 heteroatoms. The Morgan fingerprint density at radius 3 is 2.26 bits per heavy atom. The van der Waals surface area contributed by atoms with Crippen molar-refractivity contribution in [3.63, 3.8) is 0 Å². The van der Waals surface area contributed by atoms with Gasteiger partial charge in [0.25, 0.3) is 0 Å². The molecule has 0 atom stereocenters. The monoisotopic (exact) mass is 262 g/mol. The second kappa shape index (κ2) is 5.17. The summed E-state index contributed by atoms with van der Waals surface area (Å²) in [6.07, 6.45) is 0. The molecule has 0 saturated carbocycles. The third kappa shape index (κ3) is 1.99. The van der Waals surface area contributed by atoms with E-state index in [-0.39, 0.29) is 13.2 Å². The van der Waals surface area contributed by atoms with Crippen LogP contribution in [0.1, 0.15) is 19.4 Å². The smallest absolute Gasteiger partial charge is 0.352 e. The molecule has 6 nitrogen and oxygen atoms in total. The van der Waals surface area contributed by atoms with Crippen LogP contribution in [0.3, 0.4) is 0 Å². The Hall–Kier alpha value is -2.24. The summed E-state index contributed by atoms with van der Waals surface area (Å²) in [6, 6.07) is 6.77. The maximum absolute atomic E-state index is 12.2. The zero-order chi connectivity index (χ0) is 13.9. The van der Waals surface area contributed by atoms with Crippen LogP contribution in [0.15, 0.2) is 34.5 Å². The molecule has 0 spiro atoms. The molecule has 0 fully saturated rings. The maximum atomic E-state index is 12.2. The standard InChI is InChI=1S/C13H14N2O4/c1-3-18-11(16)13(12(17)19-4-2)9-7-5-6-8-10(9)14-15-13/h5-8H,3-4H2,1-2H3. The van der Waals surface area contributed by atoms with E-state index in [1.807, 2.05) is 0 Å². The van der Waals surface area contributed by atoms with E-state index in [1.165, 1.54) is 0 Å². The quantitative estimate of drug-likeness (QED) is 0.615. The fourth-order valence-corrected chi connectivity index (χ4v) is 1.91. The predicted octanol–water partition coefficient (Wildman–Crippen LogP) is 2.11. The number of carbonyl (C=O) groups excluding carboxylic acids is 2. The number of hydrogen-bond donors (Lipinski definition) is 0. The van der Waals surface area contributed by atoms with Crippen molar-refractivity contribution in [3.05, 3.63) is 29.8 Å². The first-order chi connectivity index (χ1) is 9.16. The SMILES string of the molecule is CCOC(=O)C1(C(=O)OCC)N=Nc2ccccc21. The summed E-state index contributed by atoms with van der Waals surface area (Å²) in [5, 5.41) is 7.73. The van der Waals surface area contributed by atoms with E-state index in [0.717, 1.165) is 0 Å². The Balaban J connectivity index is 2.52. The summed E-state index contributed by atoms with van der Waals surface area (Å²) < 4.78 is 9.92. The van der Waals surface area contributed by atoms with Gasteiger partial charge in [0.15, 0.2) is 0 Å². The molecule has 2 rings (SSSR count). The second-order valence-corrected chi connectivity index (χ2v) is 3.87. The lowest BCUT2D eigenvalue weighted by Gasteiger charge is -2.21. The van der Waals surface area contributed by atoms with Gasteiger partial charge in [-0.15, -0.1) is 0 Å². The number of benzene rings is 1. The number of rotatable bonds is 4. The van der Waals surface area contributed by atoms with Crippen LogP contribution < -0.4 is 0 Å². The number of ether oxygens (including phenoxy) is 2. The Morgan fingerprint density at radius 2 is 1.68 bits per heavy atom. The van der Waals surface area contributed by atoms with Gasteiger partial charge in [0.1, 0.15) is 0 Å². The minimum atomic E-state index is -1.82. The van der Waals surface area contributed by atoms with Gasteiger partial charge in [-0.1, -0.05) is 18.2 Å². The van der Waals surface area contributed by atoms with Crippen LogP contribution in [0.2, 0.25) is 0 Å². The first-order valence-corrected chi connectivity index (χ1v) is 6.03. The van der Waals surface area contributed by atoms with Crippen molar-refractivity contribution in [2.75, 3.05) is 13.2 Å². The zero-order valence-electron chi connectivity index (χ0n) is 10.8. The fraction of sp³-hybridized carbons (Fsp3) is 0.385. The summed E-state index contributed by atoms with van der Waals surface area (Å²) in [5.74, 6) is -1.52. The van der Waals surface area contributed by atoms with Gasteiger partial charge >= 0.3 is 17.5 Å². The minimum absolute atomic E-state index is 0.150. The molecule has 0 radical (unpaired) electrons. The molecule has 19 heavy (non-hydrogen) atoms. The molecule has 100 valence electrons. The van der Waals surface area contributed by atoms with Gasteiger partial charge in [-0.05, 0) is 19.9 Å². The van der Waals surface area contributed by atoms with Crippen LogP contribution in [0.5, 0.6) is 0 Å². The van der Waals surface area contributed by atoms with Gasteiger partial charge in [-0.2, -0.15) is 10.2 Å². The van der Waals surface area contributed by atoms with Crippen LogP contribution in [-0.4, -0.2) is 25.2 Å². The average Bonchev–Trinajstić information content (AvgIpc) is 2.80. The van der Waals surface area contributed by atoms with Crippen LogP contribution in [0, 0.1) is 0 Å². The van der Waals surface area contributed by atoms with E-state index in [0.29, 0.717) is 11.3 Å². The molecule has 1 aliphatic heterocycles. The summed E-state index contributed by atoms with van der Waals surface area (Å²) in [7, 11) is 0. The van der Waals surface area contributed by atoms with Crippen molar-refractivity contribution >= 4 is 17.6 Å². The second-order valence-electron chi connectivity index (χ2n) is 3.87. The predicted molar refractivity (Wildman–Crippen MR) is 65.9 cm³/mol. The lowest BCUT2D eigenvalue weighted by molar-refractivity contribution is -0.164. The highest BCUT2D eigenvalue weighted by Crippen LogP contribution is 2.42. The number of fused-ring (bicyclic) bond motifs is 1. The molecular weight excluding hydrogens is 248 g/mol. The topological polar surface area (TPSA) is 77.3 Å². The molecule has 0 saturated heterocycles. The van der Waals surface area contributed by atoms with Gasteiger partial charge in [0.05, 0.1) is 18.9 Å². The van der Waals surface area contributed by atoms with E-state index in [1.54, 1.807) is 38.1 Å². The number of hydrogen-bond acceptors (Lipinski definition) is 6. The molecule has 1 aromatic rings. The number of carbonyl (C=O) groups is 2. The largest absolute Gasteiger partial charge is 0.463 e. The van der Waals surface area contributed by atoms with Crippen molar-refractivity contribution in [1.29, 1.82) is 0 Å². The molecule has 0 N–H and O–H groups in total. The maximum Gasteiger partial charge on any atom is 0.352 e. The summed E-state index contributed by atoms with van der Waals surface area (Å²) in [4.78, 5) is 24.3. The zero-order valence-corrected chi connectivity index (χ0v) is 10.8. The van der Waals surface area contributed by atoms with Crippen LogP contribution in [0.4, 0.5) is 5.69 Å². The molecule has 0 aromatic heterocycles. The Bertz CT molecular complexity index is 521. The van der Waals surface area contributed by atoms with Crippen molar-refractivity contribution in [2.24, 2.45) is 10.2 Å². The average molecular weight is 262 g/mol. The first-order valence-electron chi connectivity index (χ1n) is 6.03. The van der Waals surface area contributed by atoms with Gasteiger partial charge in [-0.3, -0.25) is 0 Å². The first kappa shape index (κ1) is 13.2. The summed E-state index contributed by atoms with van der Waals surface area (Å²) in [6.45, 7) is 3.62. The van der Waals surface area contributed by atoms with Gasteiger partial charge in [0, 0.05) is 5.56 Å². The molecule has 0 amide bonds. The highest BCUT2D eigenvalue weighted by atomic mass is 16.6. The van der Waals surface area contributed by atoms with Crippen LogP contribution in [-0.2, 0) is 24.6 Å². The van der Waals surface area contributed by atoms with E-state index in [4.69, 9.17) is 9.47 Å². The van der Waals surface area contributed by atoms with E-state index < -0.39 is 17.5 Å². The Kier molecular flexibility index (Phi) is 3.59.